The summed E-state index contributed by atoms with van der Waals surface area (Å²) in [5, 5.41) is 9.58. The van der Waals surface area contributed by atoms with Crippen molar-refractivity contribution >= 4 is 9.52 Å². The number of hydrogen-bond acceptors (Lipinski definition) is 4. The van der Waals surface area contributed by atoms with Crippen LogP contribution in [0, 0.1) is 0 Å². The first-order valence-corrected chi connectivity index (χ1v) is 6.93. The summed E-state index contributed by atoms with van der Waals surface area (Å²) in [6.07, 6.45) is 1.77. The van der Waals surface area contributed by atoms with E-state index >= 15 is 0 Å². The first-order valence-electron chi connectivity index (χ1n) is 5.11. The van der Waals surface area contributed by atoms with E-state index in [0.29, 0.717) is 6.10 Å². The van der Waals surface area contributed by atoms with Crippen molar-refractivity contribution < 1.29 is 19.3 Å². The molecule has 0 spiro atoms. The molecule has 1 aliphatic rings. The van der Waals surface area contributed by atoms with E-state index < -0.39 is 0 Å². The topological polar surface area (TPSA) is 51.2 Å². The van der Waals surface area contributed by atoms with Gasteiger partial charge in [-0.25, -0.2) is 0 Å². The zero-order valence-corrected chi connectivity index (χ0v) is 10.4. The lowest BCUT2D eigenvalue weighted by Crippen LogP contribution is -2.22. The van der Waals surface area contributed by atoms with Gasteiger partial charge < -0.3 is 19.3 Å². The van der Waals surface area contributed by atoms with Gasteiger partial charge in [0, 0.05) is 20.6 Å². The van der Waals surface area contributed by atoms with Crippen LogP contribution < -0.4 is 0 Å². The molecule has 0 aliphatic carbocycles. The highest BCUT2D eigenvalue weighted by Gasteiger charge is 2.25. The van der Waals surface area contributed by atoms with Crippen molar-refractivity contribution in [3.8, 4) is 0 Å². The summed E-state index contributed by atoms with van der Waals surface area (Å²) in [7, 11) is 2.95. The SMILES string of the molecule is COC(OC)[SiH2]CCC(O)CC1CO1. The summed E-state index contributed by atoms with van der Waals surface area (Å²) >= 11 is 0. The molecule has 1 rings (SSSR count). The number of epoxide rings is 1. The summed E-state index contributed by atoms with van der Waals surface area (Å²) < 4.78 is 15.3. The molecule has 14 heavy (non-hydrogen) atoms. The van der Waals surface area contributed by atoms with E-state index in [4.69, 9.17) is 14.2 Å². The highest BCUT2D eigenvalue weighted by molar-refractivity contribution is 6.36. The fourth-order valence-electron chi connectivity index (χ4n) is 1.48. The van der Waals surface area contributed by atoms with E-state index in [0.717, 1.165) is 25.5 Å². The second-order valence-electron chi connectivity index (χ2n) is 3.68. The van der Waals surface area contributed by atoms with E-state index in [-0.39, 0.29) is 21.5 Å². The van der Waals surface area contributed by atoms with Gasteiger partial charge in [0.1, 0.15) is 5.91 Å². The monoisotopic (exact) mass is 220 g/mol. The molecular formula is C9H20O4Si. The number of hydrogen-bond donors (Lipinski definition) is 1. The van der Waals surface area contributed by atoms with Crippen molar-refractivity contribution in [1.29, 1.82) is 0 Å². The summed E-state index contributed by atoms with van der Waals surface area (Å²) in [6.45, 7) is 0.827. The van der Waals surface area contributed by atoms with Gasteiger partial charge in [-0.05, 0) is 6.42 Å². The van der Waals surface area contributed by atoms with Crippen LogP contribution in [0.3, 0.4) is 0 Å². The standard InChI is InChI=1S/C9H20O4Si/c1-11-9(12-2)14-4-3-7(10)5-8-6-13-8/h7-10H,3-6,14H2,1-2H3. The van der Waals surface area contributed by atoms with Crippen LogP contribution >= 0.6 is 0 Å². The molecule has 0 aromatic carbocycles. The van der Waals surface area contributed by atoms with Crippen molar-refractivity contribution in [2.75, 3.05) is 20.8 Å². The molecule has 1 saturated heterocycles. The molecule has 1 N–H and O–H groups in total. The second kappa shape index (κ2) is 6.52. The Kier molecular flexibility index (Phi) is 5.65. The van der Waals surface area contributed by atoms with Crippen LogP contribution in [0.5, 0.6) is 0 Å². The number of aliphatic hydroxyl groups excluding tert-OH is 1. The normalized spacial score (nSPS) is 23.6. The van der Waals surface area contributed by atoms with E-state index in [1.807, 2.05) is 0 Å². The van der Waals surface area contributed by atoms with Gasteiger partial charge >= 0.3 is 0 Å². The van der Waals surface area contributed by atoms with Crippen LogP contribution in [0.2, 0.25) is 6.04 Å². The number of aliphatic hydroxyl groups is 1. The Morgan fingerprint density at radius 3 is 2.64 bits per heavy atom. The molecule has 0 saturated carbocycles. The minimum absolute atomic E-state index is 0.000579. The van der Waals surface area contributed by atoms with Crippen molar-refractivity contribution in [2.24, 2.45) is 0 Å². The minimum Gasteiger partial charge on any atom is -0.393 e. The molecule has 84 valence electrons. The second-order valence-corrected chi connectivity index (χ2v) is 5.63. The third-order valence-electron chi connectivity index (χ3n) is 2.44. The molecular weight excluding hydrogens is 200 g/mol. The molecule has 0 radical (unpaired) electrons. The summed E-state index contributed by atoms with van der Waals surface area (Å²) in [5.74, 6) is -0.000579. The Bertz CT molecular complexity index is 148. The molecule has 1 heterocycles. The number of methoxy groups -OCH3 is 2. The smallest absolute Gasteiger partial charge is 0.134 e. The maximum Gasteiger partial charge on any atom is 0.134 e. The summed E-state index contributed by atoms with van der Waals surface area (Å²) in [4.78, 5) is 0. The third-order valence-corrected chi connectivity index (χ3v) is 4.39. The molecule has 0 bridgehead atoms. The molecule has 1 fully saturated rings. The highest BCUT2D eigenvalue weighted by atomic mass is 28.2. The van der Waals surface area contributed by atoms with Crippen molar-refractivity contribution in [3.63, 3.8) is 0 Å². The van der Waals surface area contributed by atoms with Crippen LogP contribution in [-0.4, -0.2) is 53.6 Å². The van der Waals surface area contributed by atoms with Crippen LogP contribution in [0.1, 0.15) is 12.8 Å². The molecule has 0 aromatic rings. The van der Waals surface area contributed by atoms with Crippen molar-refractivity contribution in [3.05, 3.63) is 0 Å². The van der Waals surface area contributed by atoms with Crippen LogP contribution in [0.15, 0.2) is 0 Å². The Hall–Kier alpha value is 0.0569. The average Bonchev–Trinajstić information content (AvgIpc) is 2.96. The van der Waals surface area contributed by atoms with Gasteiger partial charge in [0.25, 0.3) is 0 Å². The fraction of sp³-hybridized carbons (Fsp3) is 1.00. The van der Waals surface area contributed by atoms with E-state index in [1.165, 1.54) is 0 Å². The third kappa shape index (κ3) is 5.07. The van der Waals surface area contributed by atoms with Gasteiger partial charge in [0.05, 0.1) is 28.3 Å². The predicted molar refractivity (Wildman–Crippen MR) is 56.1 cm³/mol. The van der Waals surface area contributed by atoms with E-state index in [2.05, 4.69) is 0 Å². The van der Waals surface area contributed by atoms with E-state index in [9.17, 15) is 5.11 Å². The maximum atomic E-state index is 9.58. The van der Waals surface area contributed by atoms with Crippen molar-refractivity contribution in [2.45, 2.75) is 37.0 Å². The van der Waals surface area contributed by atoms with E-state index in [1.54, 1.807) is 14.2 Å². The molecule has 2 unspecified atom stereocenters. The number of ether oxygens (including phenoxy) is 3. The van der Waals surface area contributed by atoms with Crippen LogP contribution in [0.4, 0.5) is 0 Å². The van der Waals surface area contributed by atoms with Gasteiger partial charge in [-0.2, -0.15) is 0 Å². The lowest BCUT2D eigenvalue weighted by molar-refractivity contribution is -0.0442. The zero-order chi connectivity index (χ0) is 10.4. The Morgan fingerprint density at radius 1 is 1.50 bits per heavy atom. The summed E-state index contributed by atoms with van der Waals surface area (Å²) in [6, 6.07) is 1.06. The van der Waals surface area contributed by atoms with Gasteiger partial charge in [-0.15, -0.1) is 0 Å². The average molecular weight is 220 g/mol. The van der Waals surface area contributed by atoms with Gasteiger partial charge in [-0.3, -0.25) is 0 Å². The fourth-order valence-corrected chi connectivity index (χ4v) is 2.99. The Labute approximate surface area is 87.4 Å². The number of rotatable bonds is 8. The Morgan fingerprint density at radius 2 is 2.14 bits per heavy atom. The first-order chi connectivity index (χ1) is 6.76. The molecule has 0 aromatic heterocycles. The Balaban J connectivity index is 1.95. The van der Waals surface area contributed by atoms with Crippen LogP contribution in [-0.2, 0) is 14.2 Å². The van der Waals surface area contributed by atoms with Gasteiger partial charge in [0.15, 0.2) is 0 Å². The molecule has 2 atom stereocenters. The lowest BCUT2D eigenvalue weighted by Gasteiger charge is -2.13. The van der Waals surface area contributed by atoms with Gasteiger partial charge in [0.2, 0.25) is 0 Å². The predicted octanol–water partition coefficient (Wildman–Crippen LogP) is -0.310. The zero-order valence-electron chi connectivity index (χ0n) is 8.94. The molecule has 4 nitrogen and oxygen atoms in total. The quantitative estimate of drug-likeness (QED) is 0.346. The molecule has 0 amide bonds. The highest BCUT2D eigenvalue weighted by Crippen LogP contribution is 2.17. The van der Waals surface area contributed by atoms with Gasteiger partial charge in [-0.1, -0.05) is 6.04 Å². The maximum absolute atomic E-state index is 9.58. The first kappa shape index (κ1) is 12.1. The van der Waals surface area contributed by atoms with Crippen molar-refractivity contribution in [1.82, 2.24) is 0 Å². The lowest BCUT2D eigenvalue weighted by atomic mass is 10.2. The summed E-state index contributed by atoms with van der Waals surface area (Å²) in [5.41, 5.74) is 0. The molecule has 1 aliphatic heterocycles. The minimum atomic E-state index is -0.376. The van der Waals surface area contributed by atoms with Crippen LogP contribution in [0.25, 0.3) is 0 Å². The molecule has 5 heteroatoms. The largest absolute Gasteiger partial charge is 0.393 e.